The lowest BCUT2D eigenvalue weighted by Gasteiger charge is -2.19. The van der Waals surface area contributed by atoms with Crippen molar-refractivity contribution in [3.8, 4) is 0 Å². The molecule has 0 N–H and O–H groups in total. The first-order valence-corrected chi connectivity index (χ1v) is 7.69. The summed E-state index contributed by atoms with van der Waals surface area (Å²) in [5.41, 5.74) is 2.90. The van der Waals surface area contributed by atoms with Gasteiger partial charge in [-0.15, -0.1) is 0 Å². The molecule has 2 heteroatoms. The molecule has 21 heavy (non-hydrogen) atoms. The van der Waals surface area contributed by atoms with Gasteiger partial charge in [0.15, 0.2) is 0 Å². The van der Waals surface area contributed by atoms with Crippen LogP contribution in [0.2, 0.25) is 0 Å². The lowest BCUT2D eigenvalue weighted by molar-refractivity contribution is 0.159. The molecule has 2 aromatic carbocycles. The largest absolute Gasteiger partial charge is 0.383 e. The molecule has 1 aliphatic heterocycles. The summed E-state index contributed by atoms with van der Waals surface area (Å²) in [6, 6.07) is 21.8. The quantitative estimate of drug-likeness (QED) is 0.831. The van der Waals surface area contributed by atoms with E-state index in [4.69, 9.17) is 4.74 Å². The fourth-order valence-corrected chi connectivity index (χ4v) is 3.36. The van der Waals surface area contributed by atoms with Crippen LogP contribution in [-0.2, 0) is 4.74 Å². The molecule has 0 aliphatic carbocycles. The molecule has 0 amide bonds. The smallest absolute Gasteiger partial charge is 0.0589 e. The van der Waals surface area contributed by atoms with E-state index in [0.717, 1.165) is 26.2 Å². The van der Waals surface area contributed by atoms with E-state index < -0.39 is 0 Å². The highest BCUT2D eigenvalue weighted by Gasteiger charge is 2.34. The second-order valence-electron chi connectivity index (χ2n) is 5.79. The van der Waals surface area contributed by atoms with Crippen LogP contribution < -0.4 is 0 Å². The van der Waals surface area contributed by atoms with Crippen molar-refractivity contribution in [1.82, 2.24) is 4.90 Å². The van der Waals surface area contributed by atoms with Gasteiger partial charge in [-0.2, -0.15) is 0 Å². The minimum Gasteiger partial charge on any atom is -0.383 e. The van der Waals surface area contributed by atoms with Crippen LogP contribution in [0.25, 0.3) is 0 Å². The molecule has 0 saturated carbocycles. The van der Waals surface area contributed by atoms with Crippen LogP contribution in [0.4, 0.5) is 0 Å². The molecule has 0 spiro atoms. The molecule has 2 atom stereocenters. The Hall–Kier alpha value is -1.64. The zero-order valence-corrected chi connectivity index (χ0v) is 12.6. The van der Waals surface area contributed by atoms with Crippen LogP contribution >= 0.6 is 0 Å². The molecule has 3 rings (SSSR count). The first kappa shape index (κ1) is 14.3. The third-order valence-electron chi connectivity index (χ3n) is 4.46. The van der Waals surface area contributed by atoms with Crippen LogP contribution in [0.15, 0.2) is 60.7 Å². The number of benzene rings is 2. The van der Waals surface area contributed by atoms with Crippen molar-refractivity contribution in [2.75, 3.05) is 33.4 Å². The summed E-state index contributed by atoms with van der Waals surface area (Å²) in [6.45, 7) is 4.06. The maximum atomic E-state index is 5.24. The number of ether oxygens (including phenoxy) is 1. The monoisotopic (exact) mass is 281 g/mol. The molecule has 1 saturated heterocycles. The van der Waals surface area contributed by atoms with E-state index in [1.165, 1.54) is 11.1 Å². The van der Waals surface area contributed by atoms with Gasteiger partial charge in [-0.05, 0) is 11.1 Å². The Morgan fingerprint density at radius 3 is 1.76 bits per heavy atom. The summed E-state index contributed by atoms with van der Waals surface area (Å²) in [5.74, 6) is 1.15. The Morgan fingerprint density at radius 1 is 0.857 bits per heavy atom. The van der Waals surface area contributed by atoms with Gasteiger partial charge >= 0.3 is 0 Å². The molecule has 0 bridgehead atoms. The summed E-state index contributed by atoms with van der Waals surface area (Å²) in [7, 11) is 1.78. The highest BCUT2D eigenvalue weighted by atomic mass is 16.5. The van der Waals surface area contributed by atoms with Crippen molar-refractivity contribution in [1.29, 1.82) is 0 Å². The number of rotatable bonds is 5. The summed E-state index contributed by atoms with van der Waals surface area (Å²) >= 11 is 0. The van der Waals surface area contributed by atoms with Crippen LogP contribution in [0, 0.1) is 0 Å². The van der Waals surface area contributed by atoms with E-state index in [9.17, 15) is 0 Å². The molecule has 1 heterocycles. The normalized spacial score (nSPS) is 22.5. The third-order valence-corrected chi connectivity index (χ3v) is 4.46. The fourth-order valence-electron chi connectivity index (χ4n) is 3.36. The molecule has 2 aromatic rings. The maximum Gasteiger partial charge on any atom is 0.0589 e. The lowest BCUT2D eigenvalue weighted by atomic mass is 9.84. The Bertz CT molecular complexity index is 493. The average Bonchev–Trinajstić information content (AvgIpc) is 2.99. The molecule has 0 unspecified atom stereocenters. The Kier molecular flexibility index (Phi) is 4.69. The van der Waals surface area contributed by atoms with Crippen molar-refractivity contribution in [2.45, 2.75) is 11.8 Å². The second kappa shape index (κ2) is 6.88. The fraction of sp³-hybridized carbons (Fsp3) is 0.368. The summed E-state index contributed by atoms with van der Waals surface area (Å²) in [4.78, 5) is 2.53. The van der Waals surface area contributed by atoms with Crippen LogP contribution in [0.5, 0.6) is 0 Å². The van der Waals surface area contributed by atoms with E-state index in [2.05, 4.69) is 65.6 Å². The Balaban J connectivity index is 1.84. The molecular weight excluding hydrogens is 258 g/mol. The number of nitrogens with zero attached hydrogens (tertiary/aromatic N) is 1. The van der Waals surface area contributed by atoms with E-state index in [0.29, 0.717) is 11.8 Å². The molecule has 0 radical (unpaired) electrons. The van der Waals surface area contributed by atoms with Crippen molar-refractivity contribution in [2.24, 2.45) is 0 Å². The van der Waals surface area contributed by atoms with Gasteiger partial charge in [0.25, 0.3) is 0 Å². The maximum absolute atomic E-state index is 5.24. The summed E-state index contributed by atoms with van der Waals surface area (Å²) in [6.07, 6.45) is 0. The van der Waals surface area contributed by atoms with Gasteiger partial charge in [-0.3, -0.25) is 4.90 Å². The van der Waals surface area contributed by atoms with Crippen LogP contribution in [-0.4, -0.2) is 38.3 Å². The second-order valence-corrected chi connectivity index (χ2v) is 5.79. The predicted molar refractivity (Wildman–Crippen MR) is 86.7 cm³/mol. The number of methoxy groups -OCH3 is 1. The van der Waals surface area contributed by atoms with Crippen molar-refractivity contribution < 1.29 is 4.74 Å². The van der Waals surface area contributed by atoms with E-state index in [-0.39, 0.29) is 0 Å². The van der Waals surface area contributed by atoms with E-state index in [1.807, 2.05) is 0 Å². The van der Waals surface area contributed by atoms with Crippen molar-refractivity contribution in [3.05, 3.63) is 71.8 Å². The van der Waals surface area contributed by atoms with E-state index >= 15 is 0 Å². The van der Waals surface area contributed by atoms with Gasteiger partial charge < -0.3 is 4.74 Å². The SMILES string of the molecule is COCCN1C[C@@H](c2ccccc2)[C@H](c2ccccc2)C1. The summed E-state index contributed by atoms with van der Waals surface area (Å²) in [5, 5.41) is 0. The van der Waals surface area contributed by atoms with E-state index in [1.54, 1.807) is 7.11 Å². The average molecular weight is 281 g/mol. The number of likely N-dealkylation sites (tertiary alicyclic amines) is 1. The first-order chi connectivity index (χ1) is 10.4. The zero-order chi connectivity index (χ0) is 14.5. The Morgan fingerprint density at radius 2 is 1.33 bits per heavy atom. The lowest BCUT2D eigenvalue weighted by Crippen LogP contribution is -2.24. The van der Waals surface area contributed by atoms with Crippen molar-refractivity contribution in [3.63, 3.8) is 0 Å². The number of hydrogen-bond acceptors (Lipinski definition) is 2. The van der Waals surface area contributed by atoms with Gasteiger partial charge in [0.2, 0.25) is 0 Å². The molecule has 1 fully saturated rings. The number of hydrogen-bond donors (Lipinski definition) is 0. The van der Waals surface area contributed by atoms with Gasteiger partial charge in [-0.25, -0.2) is 0 Å². The van der Waals surface area contributed by atoms with Crippen LogP contribution in [0.1, 0.15) is 23.0 Å². The minimum absolute atomic E-state index is 0.574. The van der Waals surface area contributed by atoms with Crippen LogP contribution in [0.3, 0.4) is 0 Å². The van der Waals surface area contributed by atoms with Gasteiger partial charge in [0, 0.05) is 38.6 Å². The van der Waals surface area contributed by atoms with Gasteiger partial charge in [0.1, 0.15) is 0 Å². The highest BCUT2D eigenvalue weighted by molar-refractivity contribution is 5.31. The van der Waals surface area contributed by atoms with Gasteiger partial charge in [0.05, 0.1) is 6.61 Å². The zero-order valence-electron chi connectivity index (χ0n) is 12.6. The minimum atomic E-state index is 0.574. The molecule has 110 valence electrons. The highest BCUT2D eigenvalue weighted by Crippen LogP contribution is 2.39. The van der Waals surface area contributed by atoms with Crippen molar-refractivity contribution >= 4 is 0 Å². The standard InChI is InChI=1S/C19H23NO/c1-21-13-12-20-14-18(16-8-4-2-5-9-16)19(15-20)17-10-6-3-7-11-17/h2-11,18-19H,12-15H2,1H3/t18-,19-/m0/s1. The Labute approximate surface area is 127 Å². The summed E-state index contributed by atoms with van der Waals surface area (Å²) < 4.78 is 5.24. The topological polar surface area (TPSA) is 12.5 Å². The third kappa shape index (κ3) is 3.34. The predicted octanol–water partition coefficient (Wildman–Crippen LogP) is 3.52. The molecule has 0 aromatic heterocycles. The molecule has 2 nitrogen and oxygen atoms in total. The molecular formula is C19H23NO. The van der Waals surface area contributed by atoms with Gasteiger partial charge in [-0.1, -0.05) is 60.7 Å². The first-order valence-electron chi connectivity index (χ1n) is 7.69. The molecule has 1 aliphatic rings.